The lowest BCUT2D eigenvalue weighted by Crippen LogP contribution is -1.63. The normalized spacial score (nSPS) is 7.40. The van der Waals surface area contributed by atoms with Crippen molar-refractivity contribution >= 4 is 7.85 Å². The van der Waals surface area contributed by atoms with E-state index in [2.05, 4.69) is 14.4 Å². The van der Waals surface area contributed by atoms with Crippen molar-refractivity contribution in [2.75, 3.05) is 0 Å². The van der Waals surface area contributed by atoms with Gasteiger partial charge in [0, 0.05) is 0 Å². The molecule has 0 spiro atoms. The van der Waals surface area contributed by atoms with E-state index in [1.54, 1.807) is 0 Å². The van der Waals surface area contributed by atoms with Crippen LogP contribution in [0, 0.1) is 0 Å². The van der Waals surface area contributed by atoms with Gasteiger partial charge in [-0.2, -0.15) is 0 Å². The van der Waals surface area contributed by atoms with Crippen molar-refractivity contribution in [1.82, 2.24) is 0 Å². The van der Waals surface area contributed by atoms with E-state index in [-0.39, 0.29) is 0 Å². The van der Waals surface area contributed by atoms with Crippen molar-refractivity contribution in [2.45, 2.75) is 13.2 Å². The number of allylic oxidation sites excluding steroid dienone is 1. The first-order valence-corrected chi connectivity index (χ1v) is 1.91. The molecule has 5 heavy (non-hydrogen) atoms. The molecule has 0 radical (unpaired) electrons. The summed E-state index contributed by atoms with van der Waals surface area (Å²) in [5, 5.41) is 0. The Morgan fingerprint density at radius 3 is 2.20 bits per heavy atom. The van der Waals surface area contributed by atoms with Crippen molar-refractivity contribution in [2.24, 2.45) is 0 Å². The van der Waals surface area contributed by atoms with Crippen LogP contribution in [0.5, 0.6) is 0 Å². The standard InChI is InChI=1S/C4H9B/c1-4(2)3-5/h1,3,5H2,2H3. The van der Waals surface area contributed by atoms with Crippen molar-refractivity contribution in [3.05, 3.63) is 12.2 Å². The molecule has 28 valence electrons. The van der Waals surface area contributed by atoms with E-state index in [0.29, 0.717) is 0 Å². The predicted octanol–water partition coefficient (Wildman–Crippen LogP) is 0.614. The molecule has 0 N–H and O–H groups in total. The molecule has 0 fully saturated rings. The van der Waals surface area contributed by atoms with Gasteiger partial charge in [-0.3, -0.25) is 0 Å². The van der Waals surface area contributed by atoms with Crippen LogP contribution in [0.25, 0.3) is 0 Å². The van der Waals surface area contributed by atoms with Gasteiger partial charge in [-0.15, -0.1) is 6.58 Å². The fraction of sp³-hybridized carbons (Fsp3) is 0.500. The molecule has 0 unspecified atom stereocenters. The van der Waals surface area contributed by atoms with Gasteiger partial charge in [-0.05, 0) is 6.92 Å². The Bertz CT molecular complexity index is 38.9. The van der Waals surface area contributed by atoms with Gasteiger partial charge in [0.15, 0.2) is 0 Å². The van der Waals surface area contributed by atoms with Crippen LogP contribution in [-0.4, -0.2) is 7.85 Å². The summed E-state index contributed by atoms with van der Waals surface area (Å²) in [6, 6.07) is 0. The minimum absolute atomic E-state index is 1.11. The van der Waals surface area contributed by atoms with Gasteiger partial charge < -0.3 is 0 Å². The van der Waals surface area contributed by atoms with E-state index in [4.69, 9.17) is 0 Å². The molecule has 0 saturated carbocycles. The Morgan fingerprint density at radius 1 is 2.00 bits per heavy atom. The average molecular weight is 67.9 g/mol. The van der Waals surface area contributed by atoms with Crippen LogP contribution in [0.2, 0.25) is 6.32 Å². The second kappa shape index (κ2) is 2.07. The predicted molar refractivity (Wildman–Crippen MR) is 28.2 cm³/mol. The third-order valence-corrected chi connectivity index (χ3v) is 0.604. The van der Waals surface area contributed by atoms with Crippen LogP contribution in [0.3, 0.4) is 0 Å². The molecule has 0 nitrogen and oxygen atoms in total. The van der Waals surface area contributed by atoms with E-state index in [0.717, 1.165) is 6.32 Å². The van der Waals surface area contributed by atoms with E-state index >= 15 is 0 Å². The summed E-state index contributed by atoms with van der Waals surface area (Å²) >= 11 is 0. The zero-order valence-electron chi connectivity index (χ0n) is 3.91. The van der Waals surface area contributed by atoms with Gasteiger partial charge in [0.25, 0.3) is 0 Å². The summed E-state index contributed by atoms with van der Waals surface area (Å²) in [6.07, 6.45) is 1.11. The lowest BCUT2D eigenvalue weighted by molar-refractivity contribution is 1.41. The Labute approximate surface area is 34.3 Å². The van der Waals surface area contributed by atoms with Crippen LogP contribution in [0.1, 0.15) is 6.92 Å². The Balaban J connectivity index is 2.85. The van der Waals surface area contributed by atoms with Gasteiger partial charge in [0.05, 0.1) is 0 Å². The highest BCUT2D eigenvalue weighted by Crippen LogP contribution is 1.86. The van der Waals surface area contributed by atoms with Crippen molar-refractivity contribution in [3.8, 4) is 0 Å². The molecule has 0 aromatic rings. The summed E-state index contributed by atoms with van der Waals surface area (Å²) < 4.78 is 0. The first-order valence-electron chi connectivity index (χ1n) is 1.91. The Morgan fingerprint density at radius 2 is 2.20 bits per heavy atom. The second-order valence-corrected chi connectivity index (χ2v) is 1.31. The van der Waals surface area contributed by atoms with Crippen LogP contribution < -0.4 is 0 Å². The van der Waals surface area contributed by atoms with Gasteiger partial charge in [0.2, 0.25) is 0 Å². The molecule has 1 heteroatoms. The second-order valence-electron chi connectivity index (χ2n) is 1.31. The maximum Gasteiger partial charge on any atom is 0.106 e. The highest BCUT2D eigenvalue weighted by molar-refractivity contribution is 6.10. The van der Waals surface area contributed by atoms with Crippen molar-refractivity contribution in [1.29, 1.82) is 0 Å². The highest BCUT2D eigenvalue weighted by Gasteiger charge is 1.68. The van der Waals surface area contributed by atoms with Crippen LogP contribution >= 0.6 is 0 Å². The Hall–Kier alpha value is -0.195. The van der Waals surface area contributed by atoms with Gasteiger partial charge in [-0.25, -0.2) is 0 Å². The number of hydrogen-bond acceptors (Lipinski definition) is 0. The maximum absolute atomic E-state index is 3.67. The molecule has 0 atom stereocenters. The minimum Gasteiger partial charge on any atom is -0.101 e. The summed E-state index contributed by atoms with van der Waals surface area (Å²) in [5.74, 6) is 0. The molecular formula is C4H9B. The molecule has 0 rings (SSSR count). The quantitative estimate of drug-likeness (QED) is 0.312. The summed E-state index contributed by atoms with van der Waals surface area (Å²) in [7, 11) is 2.10. The maximum atomic E-state index is 3.67. The van der Waals surface area contributed by atoms with Gasteiger partial charge in [-0.1, -0.05) is 11.9 Å². The molecule has 0 bridgehead atoms. The van der Waals surface area contributed by atoms with E-state index in [1.807, 2.05) is 6.92 Å². The van der Waals surface area contributed by atoms with E-state index in [1.165, 1.54) is 5.57 Å². The number of rotatable bonds is 1. The lowest BCUT2D eigenvalue weighted by Gasteiger charge is -1.79. The first-order chi connectivity index (χ1) is 2.27. The SMILES string of the molecule is BCC(=C)C. The molecule has 0 aliphatic heterocycles. The van der Waals surface area contributed by atoms with Crippen molar-refractivity contribution < 1.29 is 0 Å². The monoisotopic (exact) mass is 68.1 g/mol. The largest absolute Gasteiger partial charge is 0.106 e. The van der Waals surface area contributed by atoms with Gasteiger partial charge >= 0.3 is 0 Å². The zero-order chi connectivity index (χ0) is 4.28. The average Bonchev–Trinajstić information content (AvgIpc) is 1.38. The Kier molecular flexibility index (Phi) is 1.99. The van der Waals surface area contributed by atoms with E-state index < -0.39 is 0 Å². The molecule has 0 aromatic carbocycles. The molecular weight excluding hydrogens is 58.9 g/mol. The first kappa shape index (κ1) is 4.80. The molecule has 0 saturated heterocycles. The van der Waals surface area contributed by atoms with E-state index in [9.17, 15) is 0 Å². The topological polar surface area (TPSA) is 0 Å². The molecule has 0 heterocycles. The smallest absolute Gasteiger partial charge is 0.101 e. The zero-order valence-corrected chi connectivity index (χ0v) is 3.91. The highest BCUT2D eigenvalue weighted by atomic mass is 13.7. The fourth-order valence-electron chi connectivity index (χ4n) is 0. The van der Waals surface area contributed by atoms with Gasteiger partial charge in [0.1, 0.15) is 7.85 Å². The van der Waals surface area contributed by atoms with Crippen molar-refractivity contribution in [3.63, 3.8) is 0 Å². The fourth-order valence-corrected chi connectivity index (χ4v) is 0. The third-order valence-electron chi connectivity index (χ3n) is 0.604. The third kappa shape index (κ3) is 3.80. The molecule has 0 aliphatic carbocycles. The number of hydrogen-bond donors (Lipinski definition) is 0. The minimum atomic E-state index is 1.11. The summed E-state index contributed by atoms with van der Waals surface area (Å²) in [4.78, 5) is 0. The molecule has 0 amide bonds. The summed E-state index contributed by atoms with van der Waals surface area (Å²) in [5.41, 5.74) is 1.25. The molecule has 0 aromatic heterocycles. The molecule has 0 aliphatic rings. The van der Waals surface area contributed by atoms with Crippen LogP contribution in [0.4, 0.5) is 0 Å². The lowest BCUT2D eigenvalue weighted by atomic mass is 10.00. The van der Waals surface area contributed by atoms with Crippen LogP contribution in [-0.2, 0) is 0 Å². The van der Waals surface area contributed by atoms with Crippen LogP contribution in [0.15, 0.2) is 12.2 Å². The summed E-state index contributed by atoms with van der Waals surface area (Å²) in [6.45, 7) is 5.70.